The van der Waals surface area contributed by atoms with Crippen molar-refractivity contribution in [3.8, 4) is 0 Å². The van der Waals surface area contributed by atoms with Crippen LogP contribution < -0.4 is 5.32 Å². The van der Waals surface area contributed by atoms with Crippen molar-refractivity contribution < 1.29 is 31.8 Å². The Morgan fingerprint density at radius 3 is 2.60 bits per heavy atom. The summed E-state index contributed by atoms with van der Waals surface area (Å²) in [5, 5.41) is 12.1. The molecule has 0 saturated carbocycles. The second-order valence-corrected chi connectivity index (χ2v) is 9.11. The summed E-state index contributed by atoms with van der Waals surface area (Å²) in [6, 6.07) is 5.79. The number of anilines is 1. The first-order valence-corrected chi connectivity index (χ1v) is 10.7. The number of halogens is 3. The molecule has 11 heteroatoms. The summed E-state index contributed by atoms with van der Waals surface area (Å²) in [5.74, 6) is -2.44. The van der Waals surface area contributed by atoms with Crippen LogP contribution in [0.15, 0.2) is 41.3 Å². The minimum Gasteiger partial charge on any atom is -0.389 e. The van der Waals surface area contributed by atoms with Gasteiger partial charge in [-0.1, -0.05) is 11.6 Å². The first kappa shape index (κ1) is 22.6. The molecular formula is C19H19ClF2N2O5S. The molecule has 1 aliphatic heterocycles. The largest absolute Gasteiger partial charge is 0.389 e. The van der Waals surface area contributed by atoms with Crippen molar-refractivity contribution in [2.75, 3.05) is 25.1 Å². The van der Waals surface area contributed by atoms with Crippen molar-refractivity contribution in [2.45, 2.75) is 24.0 Å². The van der Waals surface area contributed by atoms with Crippen molar-refractivity contribution in [2.24, 2.45) is 0 Å². The lowest BCUT2D eigenvalue weighted by atomic mass is 10.2. The lowest BCUT2D eigenvalue weighted by Crippen LogP contribution is -2.43. The lowest BCUT2D eigenvalue weighted by Gasteiger charge is -2.26. The molecule has 1 saturated heterocycles. The van der Waals surface area contributed by atoms with Gasteiger partial charge in [-0.05, 0) is 43.3 Å². The van der Waals surface area contributed by atoms with Gasteiger partial charge in [-0.25, -0.2) is 17.2 Å². The molecule has 2 atom stereocenters. The maximum absolute atomic E-state index is 14.4. The van der Waals surface area contributed by atoms with Gasteiger partial charge in [-0.3, -0.25) is 4.79 Å². The maximum Gasteiger partial charge on any atom is 0.255 e. The number of nitrogens with zero attached hydrogens (tertiary/aromatic N) is 1. The molecule has 2 aromatic rings. The van der Waals surface area contributed by atoms with Gasteiger partial charge in [0.2, 0.25) is 10.0 Å². The SMILES string of the molecule is CC1COCC(O)CN1S(=O)(=O)c1cc(C(=O)Nc2ccc(F)c(Cl)c2)ccc1F. The van der Waals surface area contributed by atoms with E-state index in [-0.39, 0.29) is 36.0 Å². The van der Waals surface area contributed by atoms with Crippen molar-refractivity contribution in [3.05, 3.63) is 58.6 Å². The molecule has 2 unspecified atom stereocenters. The third kappa shape index (κ3) is 4.79. The van der Waals surface area contributed by atoms with Gasteiger partial charge in [0.05, 0.1) is 24.3 Å². The van der Waals surface area contributed by atoms with Crippen LogP contribution in [0.3, 0.4) is 0 Å². The number of benzene rings is 2. The number of rotatable bonds is 4. The zero-order valence-corrected chi connectivity index (χ0v) is 17.4. The van der Waals surface area contributed by atoms with Gasteiger partial charge >= 0.3 is 0 Å². The van der Waals surface area contributed by atoms with Gasteiger partial charge in [0, 0.05) is 23.8 Å². The van der Waals surface area contributed by atoms with Crippen LogP contribution in [-0.4, -0.2) is 55.6 Å². The van der Waals surface area contributed by atoms with E-state index in [1.165, 1.54) is 12.1 Å². The highest BCUT2D eigenvalue weighted by Crippen LogP contribution is 2.25. The van der Waals surface area contributed by atoms with Crippen molar-refractivity contribution >= 4 is 33.2 Å². The number of amides is 1. The average Bonchev–Trinajstić information content (AvgIpc) is 2.86. The summed E-state index contributed by atoms with van der Waals surface area (Å²) in [5.41, 5.74) is 0.0521. The Morgan fingerprint density at radius 1 is 1.20 bits per heavy atom. The second kappa shape index (κ2) is 8.94. The number of sulfonamides is 1. The van der Waals surface area contributed by atoms with Crippen LogP contribution >= 0.6 is 11.6 Å². The van der Waals surface area contributed by atoms with Gasteiger partial charge in [-0.15, -0.1) is 0 Å². The van der Waals surface area contributed by atoms with E-state index in [9.17, 15) is 27.1 Å². The number of nitrogens with one attached hydrogen (secondary N) is 1. The fraction of sp³-hybridized carbons (Fsp3) is 0.316. The predicted octanol–water partition coefficient (Wildman–Crippen LogP) is 2.64. The van der Waals surface area contributed by atoms with Gasteiger partial charge in [-0.2, -0.15) is 4.31 Å². The molecule has 1 aliphatic rings. The van der Waals surface area contributed by atoms with Crippen LogP contribution in [0, 0.1) is 11.6 Å². The van der Waals surface area contributed by atoms with E-state index < -0.39 is 44.6 Å². The van der Waals surface area contributed by atoms with Crippen molar-refractivity contribution in [1.29, 1.82) is 0 Å². The summed E-state index contributed by atoms with van der Waals surface area (Å²) in [6.07, 6.45) is -1.07. The minimum atomic E-state index is -4.37. The number of ether oxygens (including phenoxy) is 1. The van der Waals surface area contributed by atoms with Gasteiger partial charge in [0.15, 0.2) is 0 Å². The number of aliphatic hydroxyl groups excluding tert-OH is 1. The summed E-state index contributed by atoms with van der Waals surface area (Å²) in [7, 11) is -4.37. The standard InChI is InChI=1S/C19H19ClF2N2O5S/c1-11-9-29-10-14(25)8-24(11)30(27,28)18-6-12(2-4-17(18)22)19(26)23-13-3-5-16(21)15(20)7-13/h2-7,11,14,25H,8-10H2,1H3,(H,23,26). The third-order valence-corrected chi connectivity index (χ3v) is 6.79. The maximum atomic E-state index is 14.4. The number of aliphatic hydroxyl groups is 1. The van der Waals surface area contributed by atoms with Crippen LogP contribution in [0.25, 0.3) is 0 Å². The van der Waals surface area contributed by atoms with Crippen LogP contribution in [0.5, 0.6) is 0 Å². The monoisotopic (exact) mass is 460 g/mol. The van der Waals surface area contributed by atoms with Gasteiger partial charge in [0.25, 0.3) is 5.91 Å². The zero-order chi connectivity index (χ0) is 22.1. The Kier molecular flexibility index (Phi) is 6.73. The molecule has 0 bridgehead atoms. The molecule has 2 aromatic carbocycles. The van der Waals surface area contributed by atoms with Crippen molar-refractivity contribution in [3.63, 3.8) is 0 Å². The number of β-amino-alcohol motifs (C(OH)–C–C–N with tert-alkyl or cyclic N) is 1. The molecule has 2 N–H and O–H groups in total. The molecule has 1 fully saturated rings. The zero-order valence-electron chi connectivity index (χ0n) is 15.8. The Labute approximate surface area is 177 Å². The molecule has 0 aromatic heterocycles. The highest BCUT2D eigenvalue weighted by atomic mass is 35.5. The Hall–Kier alpha value is -2.11. The van der Waals surface area contributed by atoms with E-state index >= 15 is 0 Å². The summed E-state index contributed by atoms with van der Waals surface area (Å²) < 4.78 is 60.0. The molecule has 0 aliphatic carbocycles. The molecule has 0 spiro atoms. The fourth-order valence-corrected chi connectivity index (χ4v) is 4.91. The molecule has 1 heterocycles. The number of hydrogen-bond acceptors (Lipinski definition) is 5. The lowest BCUT2D eigenvalue weighted by molar-refractivity contribution is 0.0551. The first-order valence-electron chi connectivity index (χ1n) is 8.93. The Bertz CT molecular complexity index is 1070. The fourth-order valence-electron chi connectivity index (χ4n) is 2.98. The van der Waals surface area contributed by atoms with E-state index in [2.05, 4.69) is 5.32 Å². The van der Waals surface area contributed by atoms with E-state index in [1.807, 2.05) is 0 Å². The van der Waals surface area contributed by atoms with Crippen LogP contribution in [0.4, 0.5) is 14.5 Å². The highest BCUT2D eigenvalue weighted by molar-refractivity contribution is 7.89. The summed E-state index contributed by atoms with van der Waals surface area (Å²) in [6.45, 7) is 1.29. The molecule has 0 radical (unpaired) electrons. The predicted molar refractivity (Wildman–Crippen MR) is 106 cm³/mol. The molecule has 30 heavy (non-hydrogen) atoms. The van der Waals surface area contributed by atoms with E-state index in [0.29, 0.717) is 0 Å². The Morgan fingerprint density at radius 2 is 1.90 bits per heavy atom. The molecule has 1 amide bonds. The topological polar surface area (TPSA) is 95.9 Å². The first-order chi connectivity index (χ1) is 14.1. The van der Waals surface area contributed by atoms with Crippen LogP contribution in [0.2, 0.25) is 5.02 Å². The van der Waals surface area contributed by atoms with Crippen LogP contribution in [0.1, 0.15) is 17.3 Å². The third-order valence-electron chi connectivity index (χ3n) is 4.51. The number of hydrogen-bond donors (Lipinski definition) is 2. The van der Waals surface area contributed by atoms with E-state index in [0.717, 1.165) is 28.6 Å². The van der Waals surface area contributed by atoms with Crippen LogP contribution in [-0.2, 0) is 14.8 Å². The molecule has 3 rings (SSSR count). The molecular weight excluding hydrogens is 442 g/mol. The smallest absolute Gasteiger partial charge is 0.255 e. The van der Waals surface area contributed by atoms with Crippen molar-refractivity contribution in [1.82, 2.24) is 4.31 Å². The normalized spacial score (nSPS) is 20.6. The highest BCUT2D eigenvalue weighted by Gasteiger charge is 2.35. The molecule has 162 valence electrons. The molecule has 7 nitrogen and oxygen atoms in total. The summed E-state index contributed by atoms with van der Waals surface area (Å²) >= 11 is 5.68. The number of carbonyl (C=O) groups excluding carboxylic acids is 1. The Balaban J connectivity index is 1.92. The average molecular weight is 461 g/mol. The van der Waals surface area contributed by atoms with Gasteiger partial charge in [0.1, 0.15) is 16.5 Å². The second-order valence-electron chi connectivity index (χ2n) is 6.84. The van der Waals surface area contributed by atoms with Gasteiger partial charge < -0.3 is 15.2 Å². The summed E-state index contributed by atoms with van der Waals surface area (Å²) in [4.78, 5) is 11.8. The minimum absolute atomic E-state index is 0.0312. The van der Waals surface area contributed by atoms with E-state index in [1.54, 1.807) is 6.92 Å². The van der Waals surface area contributed by atoms with E-state index in [4.69, 9.17) is 16.3 Å². The quantitative estimate of drug-likeness (QED) is 0.731. The number of carbonyl (C=O) groups is 1.